The molecule has 0 unspecified atom stereocenters. The number of cyclic esters (lactones) is 1. The molecule has 0 bridgehead atoms. The Kier molecular flexibility index (Phi) is 2.39. The molecule has 0 saturated carbocycles. The average molecular weight is 196 g/mol. The summed E-state index contributed by atoms with van der Waals surface area (Å²) in [6.07, 6.45) is 4.93. The van der Waals surface area contributed by atoms with Crippen LogP contribution in [0.4, 0.5) is 0 Å². The Morgan fingerprint density at radius 2 is 2.14 bits per heavy atom. The predicted octanol–water partition coefficient (Wildman–Crippen LogP) is 0.172. The standard InChI is InChI=1S/C10H12O4/c1-6-10-8(14-10)4-2-7(11)3-5-9(12)13-6/h2-8,10-11H,1H3/b4-2+,5-3-/t6-,7+,8-,10+/m0/s1. The molecule has 0 aromatic heterocycles. The van der Waals surface area contributed by atoms with Crippen LogP contribution in [-0.4, -0.2) is 35.5 Å². The maximum atomic E-state index is 11.1. The summed E-state index contributed by atoms with van der Waals surface area (Å²) in [5.41, 5.74) is 0. The number of epoxide rings is 1. The largest absolute Gasteiger partial charge is 0.457 e. The third-order valence-corrected chi connectivity index (χ3v) is 2.25. The molecule has 2 aliphatic rings. The highest BCUT2D eigenvalue weighted by Crippen LogP contribution is 2.28. The molecule has 2 aliphatic heterocycles. The Hall–Kier alpha value is -1.13. The zero-order chi connectivity index (χ0) is 10.1. The number of rotatable bonds is 0. The molecule has 0 radical (unpaired) electrons. The van der Waals surface area contributed by atoms with E-state index in [0.717, 1.165) is 0 Å². The van der Waals surface area contributed by atoms with Gasteiger partial charge in [-0.15, -0.1) is 0 Å². The topological polar surface area (TPSA) is 59.1 Å². The Bertz CT molecular complexity index is 294. The summed E-state index contributed by atoms with van der Waals surface area (Å²) >= 11 is 0. The fourth-order valence-electron chi connectivity index (χ4n) is 1.42. The molecule has 4 heteroatoms. The molecule has 4 atom stereocenters. The van der Waals surface area contributed by atoms with E-state index in [9.17, 15) is 9.90 Å². The van der Waals surface area contributed by atoms with Gasteiger partial charge in [-0.25, -0.2) is 4.79 Å². The summed E-state index contributed by atoms with van der Waals surface area (Å²) in [6, 6.07) is 0. The highest BCUT2D eigenvalue weighted by Gasteiger charge is 2.43. The van der Waals surface area contributed by atoms with E-state index in [4.69, 9.17) is 9.47 Å². The van der Waals surface area contributed by atoms with Crippen LogP contribution in [0.2, 0.25) is 0 Å². The van der Waals surface area contributed by atoms with Crippen LogP contribution < -0.4 is 0 Å². The first-order valence-corrected chi connectivity index (χ1v) is 4.57. The average Bonchev–Trinajstić information content (AvgIpc) is 2.89. The summed E-state index contributed by atoms with van der Waals surface area (Å²) in [6.45, 7) is 1.79. The Balaban J connectivity index is 2.11. The number of ether oxygens (including phenoxy) is 2. The quantitative estimate of drug-likeness (QED) is 0.341. The molecule has 0 spiro atoms. The van der Waals surface area contributed by atoms with E-state index < -0.39 is 12.1 Å². The van der Waals surface area contributed by atoms with Crippen molar-refractivity contribution in [3.8, 4) is 0 Å². The minimum Gasteiger partial charge on any atom is -0.457 e. The first-order valence-electron chi connectivity index (χ1n) is 4.57. The van der Waals surface area contributed by atoms with Crippen molar-refractivity contribution < 1.29 is 19.4 Å². The van der Waals surface area contributed by atoms with Crippen LogP contribution in [-0.2, 0) is 14.3 Å². The fraction of sp³-hybridized carbons (Fsp3) is 0.500. The molecule has 76 valence electrons. The zero-order valence-electron chi connectivity index (χ0n) is 7.79. The molecule has 1 N–H and O–H groups in total. The minimum absolute atomic E-state index is 0.0288. The van der Waals surface area contributed by atoms with Crippen molar-refractivity contribution in [1.82, 2.24) is 0 Å². The van der Waals surface area contributed by atoms with Gasteiger partial charge in [-0.2, -0.15) is 0 Å². The van der Waals surface area contributed by atoms with Gasteiger partial charge in [0, 0.05) is 6.08 Å². The van der Waals surface area contributed by atoms with E-state index in [1.807, 2.05) is 0 Å². The molecule has 4 nitrogen and oxygen atoms in total. The molecule has 0 aromatic carbocycles. The number of carbonyl (C=O) groups excluding carboxylic acids is 1. The molecule has 2 rings (SSSR count). The van der Waals surface area contributed by atoms with Crippen LogP contribution in [0.15, 0.2) is 24.3 Å². The molecule has 0 amide bonds. The summed E-state index contributed by atoms with van der Waals surface area (Å²) in [4.78, 5) is 11.1. The number of hydrogen-bond donors (Lipinski definition) is 1. The highest BCUT2D eigenvalue weighted by molar-refractivity contribution is 5.82. The van der Waals surface area contributed by atoms with Crippen molar-refractivity contribution in [2.45, 2.75) is 31.3 Å². The van der Waals surface area contributed by atoms with E-state index >= 15 is 0 Å². The first-order chi connectivity index (χ1) is 6.66. The lowest BCUT2D eigenvalue weighted by molar-refractivity contribution is -0.143. The van der Waals surface area contributed by atoms with Gasteiger partial charge in [0.05, 0.1) is 6.10 Å². The van der Waals surface area contributed by atoms with E-state index in [-0.39, 0.29) is 18.3 Å². The zero-order valence-corrected chi connectivity index (χ0v) is 7.79. The molecule has 0 aromatic rings. The normalized spacial score (nSPS) is 46.0. The van der Waals surface area contributed by atoms with E-state index in [2.05, 4.69) is 0 Å². The number of esters is 1. The predicted molar refractivity (Wildman–Crippen MR) is 48.5 cm³/mol. The van der Waals surface area contributed by atoms with Crippen LogP contribution in [0.25, 0.3) is 0 Å². The fourth-order valence-corrected chi connectivity index (χ4v) is 1.42. The number of fused-ring (bicyclic) bond motifs is 1. The Labute approximate surface area is 81.8 Å². The summed E-state index contributed by atoms with van der Waals surface area (Å²) in [5, 5.41) is 9.31. The van der Waals surface area contributed by atoms with Crippen LogP contribution in [0.3, 0.4) is 0 Å². The van der Waals surface area contributed by atoms with Crippen molar-refractivity contribution in [1.29, 1.82) is 0 Å². The van der Waals surface area contributed by atoms with Crippen molar-refractivity contribution in [2.24, 2.45) is 0 Å². The molecule has 1 saturated heterocycles. The van der Waals surface area contributed by atoms with Crippen LogP contribution in [0.5, 0.6) is 0 Å². The molecule has 1 fully saturated rings. The number of aliphatic hydroxyl groups excluding tert-OH is 1. The van der Waals surface area contributed by atoms with Crippen molar-refractivity contribution in [2.75, 3.05) is 0 Å². The Morgan fingerprint density at radius 1 is 1.36 bits per heavy atom. The maximum absolute atomic E-state index is 11.1. The van der Waals surface area contributed by atoms with Crippen molar-refractivity contribution in [3.05, 3.63) is 24.3 Å². The lowest BCUT2D eigenvalue weighted by atomic mass is 10.2. The molecular weight excluding hydrogens is 184 g/mol. The SMILES string of the molecule is C[C@@H]1OC(=O)/C=C\[C@H](O)/C=C/[C@@H]2O[C@H]12. The number of aliphatic hydroxyl groups is 1. The van der Waals surface area contributed by atoms with Gasteiger partial charge in [0.2, 0.25) is 0 Å². The highest BCUT2D eigenvalue weighted by atomic mass is 16.6. The minimum atomic E-state index is -0.749. The van der Waals surface area contributed by atoms with Crippen LogP contribution >= 0.6 is 0 Å². The van der Waals surface area contributed by atoms with Gasteiger partial charge < -0.3 is 14.6 Å². The monoisotopic (exact) mass is 196 g/mol. The van der Waals surface area contributed by atoms with Gasteiger partial charge in [-0.05, 0) is 13.0 Å². The summed E-state index contributed by atoms with van der Waals surface area (Å²) < 4.78 is 10.3. The van der Waals surface area contributed by atoms with Gasteiger partial charge in [-0.1, -0.05) is 12.2 Å². The van der Waals surface area contributed by atoms with Crippen LogP contribution in [0.1, 0.15) is 6.92 Å². The third-order valence-electron chi connectivity index (χ3n) is 2.25. The molecule has 2 heterocycles. The second-order valence-corrected chi connectivity index (χ2v) is 3.44. The van der Waals surface area contributed by atoms with E-state index in [1.165, 1.54) is 12.2 Å². The third kappa shape index (κ3) is 2.02. The molecule has 0 aliphatic carbocycles. The molecule has 14 heavy (non-hydrogen) atoms. The van der Waals surface area contributed by atoms with Gasteiger partial charge in [0.1, 0.15) is 18.3 Å². The lowest BCUT2D eigenvalue weighted by Crippen LogP contribution is -2.21. The Morgan fingerprint density at radius 3 is 2.93 bits per heavy atom. The summed E-state index contributed by atoms with van der Waals surface area (Å²) in [5.74, 6) is -0.443. The van der Waals surface area contributed by atoms with Crippen molar-refractivity contribution >= 4 is 5.97 Å². The lowest BCUT2D eigenvalue weighted by Gasteiger charge is -2.09. The van der Waals surface area contributed by atoms with E-state index in [1.54, 1.807) is 19.1 Å². The van der Waals surface area contributed by atoms with Gasteiger partial charge in [-0.3, -0.25) is 0 Å². The second-order valence-electron chi connectivity index (χ2n) is 3.44. The van der Waals surface area contributed by atoms with Gasteiger partial charge in [0.25, 0.3) is 0 Å². The maximum Gasteiger partial charge on any atom is 0.330 e. The van der Waals surface area contributed by atoms with Gasteiger partial charge >= 0.3 is 5.97 Å². The second kappa shape index (κ2) is 3.55. The smallest absolute Gasteiger partial charge is 0.330 e. The number of carbonyl (C=O) groups is 1. The summed E-state index contributed by atoms with van der Waals surface area (Å²) in [7, 11) is 0. The first kappa shape index (κ1) is 9.43. The number of hydrogen-bond acceptors (Lipinski definition) is 4. The molecular formula is C10H12O4. The van der Waals surface area contributed by atoms with Crippen LogP contribution in [0, 0.1) is 0 Å². The van der Waals surface area contributed by atoms with Crippen molar-refractivity contribution in [3.63, 3.8) is 0 Å². The van der Waals surface area contributed by atoms with E-state index in [0.29, 0.717) is 0 Å². The van der Waals surface area contributed by atoms with Gasteiger partial charge in [0.15, 0.2) is 0 Å².